The van der Waals surface area contributed by atoms with Gasteiger partial charge in [0, 0.05) is 30.1 Å². The Morgan fingerprint density at radius 3 is 2.00 bits per heavy atom. The number of aliphatic carboxylic acids is 1. The molecule has 1 N–H and O–H groups in total. The monoisotopic (exact) mass is 734 g/mol. The molecule has 1 aliphatic carbocycles. The first-order valence-corrected chi connectivity index (χ1v) is 17.1. The molecule has 1 saturated heterocycles. The molecule has 0 spiro atoms. The maximum Gasteiger partial charge on any atom is 0.430 e. The van der Waals surface area contributed by atoms with Crippen molar-refractivity contribution in [1.29, 1.82) is 0 Å². The third kappa shape index (κ3) is 6.37. The number of hydrogen-bond donors (Lipinski definition) is 1. The number of carbonyl (C=O) groups is 2. The number of carboxylic acids is 1. The molecule has 0 bridgehead atoms. The molecule has 1 aromatic heterocycles. The molecule has 2 aliphatic rings. The number of ether oxygens (including phenoxy) is 1. The highest BCUT2D eigenvalue weighted by molar-refractivity contribution is 7.92. The molecule has 1 aliphatic heterocycles. The lowest BCUT2D eigenvalue weighted by atomic mass is 9.81. The Morgan fingerprint density at radius 1 is 0.940 bits per heavy atom. The smallest absolute Gasteiger partial charge is 0.430 e. The average molecular weight is 735 g/mol. The number of likely N-dealkylation sites (tertiary alicyclic amines) is 1. The number of rotatable bonds is 9. The van der Waals surface area contributed by atoms with Crippen LogP contribution in [0.25, 0.3) is 0 Å². The summed E-state index contributed by atoms with van der Waals surface area (Å²) >= 11 is 0. The Morgan fingerprint density at radius 2 is 1.50 bits per heavy atom. The second kappa shape index (κ2) is 13.3. The van der Waals surface area contributed by atoms with E-state index in [0.29, 0.717) is 12.1 Å². The highest BCUT2D eigenvalue weighted by Gasteiger charge is 2.73. The van der Waals surface area contributed by atoms with E-state index in [4.69, 9.17) is 9.26 Å². The summed E-state index contributed by atoms with van der Waals surface area (Å²) in [5.74, 6) is -3.45. The van der Waals surface area contributed by atoms with Crippen molar-refractivity contribution < 1.29 is 63.1 Å². The minimum absolute atomic E-state index is 0.0271. The van der Waals surface area contributed by atoms with Crippen molar-refractivity contribution in [2.45, 2.75) is 80.2 Å². The van der Waals surface area contributed by atoms with Crippen LogP contribution in [-0.4, -0.2) is 60.9 Å². The van der Waals surface area contributed by atoms with E-state index in [1.54, 1.807) is 0 Å². The van der Waals surface area contributed by atoms with Crippen molar-refractivity contribution in [3.8, 4) is 0 Å². The van der Waals surface area contributed by atoms with Crippen LogP contribution in [0.2, 0.25) is 0 Å². The number of nitrogens with zero attached hydrogens (tertiary/aromatic N) is 2. The van der Waals surface area contributed by atoms with Gasteiger partial charge in [0.2, 0.25) is 5.91 Å². The average Bonchev–Trinajstić information content (AvgIpc) is 3.65. The number of benzene rings is 2. The first kappa shape index (κ1) is 37.3. The van der Waals surface area contributed by atoms with E-state index in [1.165, 1.54) is 18.7 Å². The minimum atomic E-state index is -6.04. The third-order valence-corrected chi connectivity index (χ3v) is 12.3. The van der Waals surface area contributed by atoms with E-state index in [9.17, 15) is 53.8 Å². The summed E-state index contributed by atoms with van der Waals surface area (Å²) in [5.41, 5.74) is -6.50. The number of alkyl halides is 6. The SMILES string of the molecule is Cc1noc(C)c1COC(c1ccc(C2(S(=O)(=O)c3ccc(F)cc3)CCN(C(=O)C3CCC(C(=O)O)CC3)C2)cc1)(C(F)(F)F)C(F)(F)F. The second-order valence-electron chi connectivity index (χ2n) is 12.7. The van der Waals surface area contributed by atoms with Crippen LogP contribution in [0.15, 0.2) is 57.9 Å². The summed E-state index contributed by atoms with van der Waals surface area (Å²) in [5, 5.41) is 12.9. The Hall–Kier alpha value is -3.99. The topological polar surface area (TPSA) is 127 Å². The molecule has 9 nitrogen and oxygen atoms in total. The van der Waals surface area contributed by atoms with Crippen LogP contribution >= 0.6 is 0 Å². The van der Waals surface area contributed by atoms with E-state index in [1.807, 2.05) is 0 Å². The molecule has 2 fully saturated rings. The van der Waals surface area contributed by atoms with Crippen LogP contribution in [0, 0.1) is 31.5 Å². The zero-order valence-electron chi connectivity index (χ0n) is 26.8. The van der Waals surface area contributed by atoms with Crippen LogP contribution in [0.1, 0.15) is 60.2 Å². The number of carbonyl (C=O) groups excluding carboxylic acids is 1. The number of halogens is 7. The first-order valence-electron chi connectivity index (χ1n) is 15.6. The van der Waals surface area contributed by atoms with E-state index in [-0.39, 0.29) is 66.1 Å². The lowest BCUT2D eigenvalue weighted by Gasteiger charge is -2.38. The van der Waals surface area contributed by atoms with Gasteiger partial charge in [0.15, 0.2) is 9.84 Å². The van der Waals surface area contributed by atoms with Gasteiger partial charge in [0.1, 0.15) is 16.3 Å². The fraction of sp³-hybridized carbons (Fsp3) is 0.485. The van der Waals surface area contributed by atoms with Gasteiger partial charge < -0.3 is 19.3 Å². The number of aromatic nitrogens is 1. The summed E-state index contributed by atoms with van der Waals surface area (Å²) in [6.45, 7) is 0.820. The molecular weight excluding hydrogens is 701 g/mol. The molecule has 50 heavy (non-hydrogen) atoms. The van der Waals surface area contributed by atoms with E-state index in [2.05, 4.69) is 5.16 Å². The molecule has 1 saturated carbocycles. The molecule has 5 rings (SSSR count). The summed E-state index contributed by atoms with van der Waals surface area (Å²) in [4.78, 5) is 25.9. The van der Waals surface area contributed by atoms with Gasteiger partial charge in [-0.15, -0.1) is 0 Å². The van der Waals surface area contributed by atoms with Crippen molar-refractivity contribution in [3.05, 3.63) is 82.5 Å². The predicted molar refractivity (Wildman–Crippen MR) is 161 cm³/mol. The number of hydrogen-bond acceptors (Lipinski definition) is 7. The molecular formula is C33H33F7N2O7S. The number of carboxylic acid groups (broad SMARTS) is 1. The van der Waals surface area contributed by atoms with Crippen LogP contribution < -0.4 is 0 Å². The highest BCUT2D eigenvalue weighted by atomic mass is 32.2. The standard InChI is InChI=1S/C33H33F7N2O7S/c1-19-27(20(2)49-41-19)17-48-31(32(35,36)37,33(38,39)40)24-9-7-23(8-10-24)30(50(46,47)26-13-11-25(34)12-14-26)15-16-42(18-30)28(43)21-3-5-22(6-4-21)29(44)45/h7-14,21-22H,3-6,15-18H2,1-2H3,(H,44,45). The molecule has 1 unspecified atom stereocenters. The maximum atomic E-state index is 14.6. The van der Waals surface area contributed by atoms with Gasteiger partial charge in [-0.1, -0.05) is 29.4 Å². The quantitative estimate of drug-likeness (QED) is 0.189. The Kier molecular flexibility index (Phi) is 9.90. The van der Waals surface area contributed by atoms with Crippen LogP contribution in [0.5, 0.6) is 0 Å². The Bertz CT molecular complexity index is 1800. The summed E-state index contributed by atoms with van der Waals surface area (Å²) in [7, 11) is -4.57. The largest absolute Gasteiger partial charge is 0.481 e. The van der Waals surface area contributed by atoms with Crippen LogP contribution in [0.3, 0.4) is 0 Å². The number of aryl methyl sites for hydroxylation is 2. The van der Waals surface area contributed by atoms with Gasteiger partial charge in [0.05, 0.1) is 23.1 Å². The molecule has 1 atom stereocenters. The highest BCUT2D eigenvalue weighted by Crippen LogP contribution is 2.54. The fourth-order valence-corrected chi connectivity index (χ4v) is 8.97. The first-order chi connectivity index (χ1) is 23.2. The van der Waals surface area contributed by atoms with Crippen molar-refractivity contribution in [1.82, 2.24) is 10.1 Å². The second-order valence-corrected chi connectivity index (χ2v) is 15.0. The predicted octanol–water partition coefficient (Wildman–Crippen LogP) is 6.76. The van der Waals surface area contributed by atoms with Crippen LogP contribution in [-0.2, 0) is 41.1 Å². The van der Waals surface area contributed by atoms with E-state index < -0.39 is 80.8 Å². The number of sulfone groups is 1. The van der Waals surface area contributed by atoms with E-state index >= 15 is 0 Å². The molecule has 1 amide bonds. The molecule has 272 valence electrons. The molecule has 0 radical (unpaired) electrons. The van der Waals surface area contributed by atoms with Crippen molar-refractivity contribution in [2.75, 3.05) is 13.1 Å². The zero-order chi connectivity index (χ0) is 36.9. The maximum absolute atomic E-state index is 14.6. The summed E-state index contributed by atoms with van der Waals surface area (Å²) in [6.07, 6.45) is -11.4. The van der Waals surface area contributed by atoms with Crippen LogP contribution in [0.4, 0.5) is 30.7 Å². The summed E-state index contributed by atoms with van der Waals surface area (Å²) < 4.78 is 138. The van der Waals surface area contributed by atoms with Gasteiger partial charge in [-0.25, -0.2) is 12.8 Å². The fourth-order valence-electron chi connectivity index (χ4n) is 6.90. The lowest BCUT2D eigenvalue weighted by Crippen LogP contribution is -2.56. The molecule has 2 aromatic carbocycles. The molecule has 2 heterocycles. The molecule has 3 aromatic rings. The van der Waals surface area contributed by atoms with Crippen molar-refractivity contribution in [2.24, 2.45) is 11.8 Å². The lowest BCUT2D eigenvalue weighted by molar-refractivity contribution is -0.392. The van der Waals surface area contributed by atoms with Gasteiger partial charge in [-0.05, 0) is 75.8 Å². The van der Waals surface area contributed by atoms with Crippen molar-refractivity contribution in [3.63, 3.8) is 0 Å². The molecule has 17 heteroatoms. The van der Waals surface area contributed by atoms with Gasteiger partial charge in [-0.2, -0.15) is 26.3 Å². The summed E-state index contributed by atoms with van der Waals surface area (Å²) in [6, 6.07) is 6.44. The van der Waals surface area contributed by atoms with E-state index in [0.717, 1.165) is 36.4 Å². The minimum Gasteiger partial charge on any atom is -0.481 e. The van der Waals surface area contributed by atoms with Gasteiger partial charge in [-0.3, -0.25) is 9.59 Å². The normalized spacial score (nSPS) is 22.1. The Balaban J connectivity index is 1.56. The Labute approximate surface area is 282 Å². The zero-order valence-corrected chi connectivity index (χ0v) is 27.6. The third-order valence-electron chi connectivity index (χ3n) is 9.84. The van der Waals surface area contributed by atoms with Gasteiger partial charge in [0.25, 0.3) is 5.60 Å². The number of amides is 1. The van der Waals surface area contributed by atoms with Gasteiger partial charge >= 0.3 is 18.3 Å². The van der Waals surface area contributed by atoms with Crippen molar-refractivity contribution >= 4 is 21.7 Å².